The second-order valence-electron chi connectivity index (χ2n) is 5.20. The van der Waals surface area contributed by atoms with Gasteiger partial charge in [0.2, 0.25) is 10.0 Å². The number of carboxylic acid groups (broad SMARTS) is 1. The van der Waals surface area contributed by atoms with Crippen LogP contribution in [0.3, 0.4) is 0 Å². The van der Waals surface area contributed by atoms with Gasteiger partial charge in [0, 0.05) is 19.3 Å². The third-order valence-corrected chi connectivity index (χ3v) is 3.93. The number of hydrogen-bond acceptors (Lipinski definition) is 4. The number of nitrogens with zero attached hydrogens (tertiary/aromatic N) is 1. The van der Waals surface area contributed by atoms with E-state index in [1.807, 2.05) is 6.92 Å². The number of aliphatic hydroxyl groups is 1. The number of rotatable bonds is 7. The van der Waals surface area contributed by atoms with Crippen LogP contribution in [0.4, 0.5) is 0 Å². The van der Waals surface area contributed by atoms with Crippen molar-refractivity contribution in [2.45, 2.75) is 44.2 Å². The highest BCUT2D eigenvalue weighted by Gasteiger charge is 2.23. The van der Waals surface area contributed by atoms with Crippen molar-refractivity contribution < 1.29 is 23.4 Å². The van der Waals surface area contributed by atoms with Crippen LogP contribution in [0.2, 0.25) is 0 Å². The Bertz CT molecular complexity index is 583. The standard InChI is InChI=1S/C12H20N2O5S/c1-4-5-14-7-9(6-10(14)11(15)16)20(18,19)13-8-12(2,3)17/h6-7,13,17H,4-5,8H2,1-3H3,(H,15,16). The second-order valence-corrected chi connectivity index (χ2v) is 6.96. The lowest BCUT2D eigenvalue weighted by molar-refractivity contribution is 0.0684. The predicted molar refractivity (Wildman–Crippen MR) is 73.2 cm³/mol. The topological polar surface area (TPSA) is 109 Å². The summed E-state index contributed by atoms with van der Waals surface area (Å²) in [6.45, 7) is 5.08. The number of aromatic nitrogens is 1. The first-order valence-corrected chi connectivity index (χ1v) is 7.70. The molecule has 0 aliphatic heterocycles. The van der Waals surface area contributed by atoms with Crippen LogP contribution < -0.4 is 4.72 Å². The molecule has 1 aromatic rings. The molecule has 0 aliphatic rings. The Morgan fingerprint density at radius 2 is 2.05 bits per heavy atom. The molecule has 3 N–H and O–H groups in total. The lowest BCUT2D eigenvalue weighted by atomic mass is 10.1. The third-order valence-electron chi connectivity index (χ3n) is 2.56. The van der Waals surface area contributed by atoms with Crippen LogP contribution in [-0.4, -0.2) is 41.3 Å². The van der Waals surface area contributed by atoms with E-state index in [1.54, 1.807) is 0 Å². The minimum atomic E-state index is -3.84. The van der Waals surface area contributed by atoms with E-state index >= 15 is 0 Å². The maximum absolute atomic E-state index is 12.0. The molecule has 0 saturated heterocycles. The lowest BCUT2D eigenvalue weighted by Gasteiger charge is -2.17. The summed E-state index contributed by atoms with van der Waals surface area (Å²) in [6, 6.07) is 1.12. The van der Waals surface area contributed by atoms with E-state index < -0.39 is 21.6 Å². The number of sulfonamides is 1. The van der Waals surface area contributed by atoms with Crippen molar-refractivity contribution >= 4 is 16.0 Å². The molecule has 0 saturated carbocycles. The van der Waals surface area contributed by atoms with Gasteiger partial charge in [-0.1, -0.05) is 6.92 Å². The number of nitrogens with one attached hydrogen (secondary N) is 1. The Kier molecular flexibility index (Phi) is 4.95. The van der Waals surface area contributed by atoms with E-state index in [9.17, 15) is 18.3 Å². The maximum Gasteiger partial charge on any atom is 0.352 e. The zero-order valence-electron chi connectivity index (χ0n) is 11.8. The molecule has 0 radical (unpaired) electrons. The molecule has 1 rings (SSSR count). The zero-order chi connectivity index (χ0) is 15.6. The van der Waals surface area contributed by atoms with Gasteiger partial charge in [-0.05, 0) is 26.3 Å². The highest BCUT2D eigenvalue weighted by Crippen LogP contribution is 2.16. The van der Waals surface area contributed by atoms with E-state index in [0.717, 1.165) is 6.07 Å². The molecule has 114 valence electrons. The summed E-state index contributed by atoms with van der Waals surface area (Å²) in [5.41, 5.74) is -1.26. The molecule has 20 heavy (non-hydrogen) atoms. The average molecular weight is 304 g/mol. The summed E-state index contributed by atoms with van der Waals surface area (Å²) >= 11 is 0. The van der Waals surface area contributed by atoms with Crippen molar-refractivity contribution in [2.24, 2.45) is 0 Å². The fraction of sp³-hybridized carbons (Fsp3) is 0.583. The molecule has 7 nitrogen and oxygen atoms in total. The number of carboxylic acids is 1. The van der Waals surface area contributed by atoms with Gasteiger partial charge in [0.1, 0.15) is 10.6 Å². The summed E-state index contributed by atoms with van der Waals surface area (Å²) in [6.07, 6.45) is 1.98. The Balaban J connectivity index is 3.07. The molecule has 0 bridgehead atoms. The highest BCUT2D eigenvalue weighted by molar-refractivity contribution is 7.89. The van der Waals surface area contributed by atoms with Crippen LogP contribution in [0.5, 0.6) is 0 Å². The molecule has 1 aromatic heterocycles. The minimum absolute atomic E-state index is 0.0736. The quantitative estimate of drug-likeness (QED) is 0.685. The molecular formula is C12H20N2O5S. The minimum Gasteiger partial charge on any atom is -0.477 e. The molecule has 0 amide bonds. The van der Waals surface area contributed by atoms with Gasteiger partial charge < -0.3 is 14.8 Å². The molecule has 1 heterocycles. The predicted octanol–water partition coefficient (Wildman–Crippen LogP) is 0.645. The molecule has 0 fully saturated rings. The summed E-state index contributed by atoms with van der Waals surface area (Å²) in [5, 5.41) is 18.6. The number of carbonyl (C=O) groups is 1. The first-order valence-electron chi connectivity index (χ1n) is 6.22. The normalized spacial score (nSPS) is 12.6. The zero-order valence-corrected chi connectivity index (χ0v) is 12.6. The third kappa shape index (κ3) is 4.32. The van der Waals surface area contributed by atoms with Gasteiger partial charge in [0.15, 0.2) is 0 Å². The van der Waals surface area contributed by atoms with Gasteiger partial charge in [-0.15, -0.1) is 0 Å². The lowest BCUT2D eigenvalue weighted by Crippen LogP contribution is -2.38. The molecule has 8 heteroatoms. The SMILES string of the molecule is CCCn1cc(S(=O)(=O)NCC(C)(C)O)cc1C(=O)O. The average Bonchev–Trinajstić information content (AvgIpc) is 2.71. The fourth-order valence-electron chi connectivity index (χ4n) is 1.59. The Labute approximate surface area is 118 Å². The molecule has 0 aliphatic carbocycles. The van der Waals surface area contributed by atoms with Crippen molar-refractivity contribution in [1.29, 1.82) is 0 Å². The molecule has 0 aromatic carbocycles. The summed E-state index contributed by atoms with van der Waals surface area (Å²) in [5.74, 6) is -1.18. The number of hydrogen-bond donors (Lipinski definition) is 3. The molecule has 0 unspecified atom stereocenters. The van der Waals surface area contributed by atoms with Crippen molar-refractivity contribution in [3.8, 4) is 0 Å². The van der Waals surface area contributed by atoms with Crippen LogP contribution in [0.25, 0.3) is 0 Å². The van der Waals surface area contributed by atoms with E-state index in [1.165, 1.54) is 24.6 Å². The smallest absolute Gasteiger partial charge is 0.352 e. The summed E-state index contributed by atoms with van der Waals surface area (Å²) in [4.78, 5) is 11.0. The Morgan fingerprint density at radius 3 is 2.50 bits per heavy atom. The van der Waals surface area contributed by atoms with Crippen LogP contribution in [0.1, 0.15) is 37.7 Å². The number of aromatic carboxylic acids is 1. The first-order chi connectivity index (χ1) is 9.07. The van der Waals surface area contributed by atoms with E-state index in [2.05, 4.69) is 4.72 Å². The maximum atomic E-state index is 12.0. The van der Waals surface area contributed by atoms with Crippen LogP contribution in [0.15, 0.2) is 17.2 Å². The van der Waals surface area contributed by atoms with Crippen molar-refractivity contribution in [2.75, 3.05) is 6.54 Å². The van der Waals surface area contributed by atoms with Gasteiger partial charge in [-0.2, -0.15) is 0 Å². The van der Waals surface area contributed by atoms with E-state index in [0.29, 0.717) is 13.0 Å². The van der Waals surface area contributed by atoms with Crippen LogP contribution in [-0.2, 0) is 16.6 Å². The van der Waals surface area contributed by atoms with Gasteiger partial charge in [0.05, 0.1) is 5.60 Å². The van der Waals surface area contributed by atoms with Crippen LogP contribution in [0, 0.1) is 0 Å². The molecule has 0 atom stereocenters. The Hall–Kier alpha value is -1.38. The Morgan fingerprint density at radius 1 is 1.45 bits per heavy atom. The largest absolute Gasteiger partial charge is 0.477 e. The summed E-state index contributed by atoms with van der Waals surface area (Å²) in [7, 11) is -3.84. The van der Waals surface area contributed by atoms with Crippen molar-refractivity contribution in [3.63, 3.8) is 0 Å². The molecule has 0 spiro atoms. The van der Waals surface area contributed by atoms with E-state index in [-0.39, 0.29) is 17.1 Å². The van der Waals surface area contributed by atoms with Crippen molar-refractivity contribution in [1.82, 2.24) is 9.29 Å². The number of aryl methyl sites for hydroxylation is 1. The van der Waals surface area contributed by atoms with Gasteiger partial charge in [-0.3, -0.25) is 0 Å². The first kappa shape index (κ1) is 16.7. The summed E-state index contributed by atoms with van der Waals surface area (Å²) < 4.78 is 27.7. The van der Waals surface area contributed by atoms with Crippen molar-refractivity contribution in [3.05, 3.63) is 18.0 Å². The molecular weight excluding hydrogens is 284 g/mol. The van der Waals surface area contributed by atoms with Gasteiger partial charge in [-0.25, -0.2) is 17.9 Å². The van der Waals surface area contributed by atoms with Gasteiger partial charge >= 0.3 is 5.97 Å². The van der Waals surface area contributed by atoms with Gasteiger partial charge in [0.25, 0.3) is 0 Å². The monoisotopic (exact) mass is 304 g/mol. The van der Waals surface area contributed by atoms with Crippen LogP contribution >= 0.6 is 0 Å². The fourth-order valence-corrected chi connectivity index (χ4v) is 2.83. The second kappa shape index (κ2) is 5.94. The van der Waals surface area contributed by atoms with E-state index in [4.69, 9.17) is 5.11 Å². The highest BCUT2D eigenvalue weighted by atomic mass is 32.2.